The van der Waals surface area contributed by atoms with Gasteiger partial charge in [-0.25, -0.2) is 4.79 Å². The van der Waals surface area contributed by atoms with Crippen molar-refractivity contribution >= 4 is 27.4 Å². The summed E-state index contributed by atoms with van der Waals surface area (Å²) in [5, 5.41) is 14.9. The number of anilines is 2. The third-order valence-corrected chi connectivity index (χ3v) is 4.40. The molecule has 0 aliphatic rings. The number of nitrogens with one attached hydrogen (secondary N) is 1. The lowest BCUT2D eigenvalue weighted by Gasteiger charge is -2.20. The number of aromatic nitrogens is 2. The summed E-state index contributed by atoms with van der Waals surface area (Å²) < 4.78 is 25.4. The molecule has 8 nitrogen and oxygen atoms in total. The van der Waals surface area contributed by atoms with E-state index in [1.54, 1.807) is 0 Å². The molecule has 0 aliphatic heterocycles. The largest absolute Gasteiger partial charge is 0.478 e. The van der Waals surface area contributed by atoms with Crippen LogP contribution in [0, 0.1) is 0 Å². The van der Waals surface area contributed by atoms with Crippen molar-refractivity contribution in [1.82, 2.24) is 10.2 Å². The zero-order valence-corrected chi connectivity index (χ0v) is 11.3. The Labute approximate surface area is 114 Å². The molecule has 20 heavy (non-hydrogen) atoms. The fraction of sp³-hybridized carbons (Fsp3) is 0.0909. The predicted molar refractivity (Wildman–Crippen MR) is 72.0 cm³/mol. The van der Waals surface area contributed by atoms with Gasteiger partial charge in [0.05, 0.1) is 17.4 Å². The number of H-pyrrole nitrogens is 1. The number of aromatic amines is 1. The number of carboxylic acid groups (broad SMARTS) is 1. The van der Waals surface area contributed by atoms with Crippen LogP contribution < -0.4 is 10.0 Å². The predicted octanol–water partition coefficient (Wildman–Crippen LogP) is 0.515. The number of nitrogen functional groups attached to an aromatic ring is 1. The second kappa shape index (κ2) is 4.85. The molecule has 0 spiro atoms. The number of sulfonamides is 1. The maximum Gasteiger partial charge on any atom is 0.337 e. The van der Waals surface area contributed by atoms with Crippen molar-refractivity contribution in [3.05, 3.63) is 36.0 Å². The molecule has 0 bridgehead atoms. The minimum absolute atomic E-state index is 0.0151. The zero-order valence-electron chi connectivity index (χ0n) is 10.4. The standard InChI is InChI=1S/C11H12N4O4S/c1-15(20(18,19)10-4-5-13-14-10)9-3-2-7(12)6-8(9)11(16)17/h2-6H,12H2,1H3,(H,13,14)(H,16,17). The Hall–Kier alpha value is -2.55. The van der Waals surface area contributed by atoms with E-state index in [9.17, 15) is 13.2 Å². The summed E-state index contributed by atoms with van der Waals surface area (Å²) in [6.07, 6.45) is 1.29. The maximum atomic E-state index is 12.3. The molecular formula is C11H12N4O4S. The van der Waals surface area contributed by atoms with E-state index in [-0.39, 0.29) is 22.0 Å². The van der Waals surface area contributed by atoms with Gasteiger partial charge >= 0.3 is 5.97 Å². The molecule has 1 heterocycles. The third-order valence-electron chi connectivity index (χ3n) is 2.70. The van der Waals surface area contributed by atoms with E-state index >= 15 is 0 Å². The van der Waals surface area contributed by atoms with E-state index in [1.807, 2.05) is 0 Å². The molecule has 0 aliphatic carbocycles. The molecule has 0 saturated heterocycles. The van der Waals surface area contributed by atoms with Gasteiger partial charge in [0.1, 0.15) is 0 Å². The summed E-state index contributed by atoms with van der Waals surface area (Å²) >= 11 is 0. The van der Waals surface area contributed by atoms with Crippen molar-refractivity contribution in [3.63, 3.8) is 0 Å². The molecule has 0 atom stereocenters. The minimum Gasteiger partial charge on any atom is -0.478 e. The second-order valence-electron chi connectivity index (χ2n) is 3.98. The zero-order chi connectivity index (χ0) is 14.9. The highest BCUT2D eigenvalue weighted by Gasteiger charge is 2.26. The van der Waals surface area contributed by atoms with E-state index < -0.39 is 16.0 Å². The van der Waals surface area contributed by atoms with E-state index in [0.29, 0.717) is 0 Å². The summed E-state index contributed by atoms with van der Waals surface area (Å²) in [5.41, 5.74) is 5.57. The first-order chi connectivity index (χ1) is 9.34. The fourth-order valence-electron chi connectivity index (χ4n) is 1.66. The molecular weight excluding hydrogens is 284 g/mol. The van der Waals surface area contributed by atoms with Gasteiger partial charge in [0.25, 0.3) is 10.0 Å². The number of hydrogen-bond donors (Lipinski definition) is 3. The smallest absolute Gasteiger partial charge is 0.337 e. The van der Waals surface area contributed by atoms with Crippen LogP contribution in [0.3, 0.4) is 0 Å². The van der Waals surface area contributed by atoms with Gasteiger partial charge in [-0.3, -0.25) is 9.40 Å². The highest BCUT2D eigenvalue weighted by Crippen LogP contribution is 2.26. The molecule has 9 heteroatoms. The minimum atomic E-state index is -3.91. The van der Waals surface area contributed by atoms with Gasteiger partial charge in [-0.2, -0.15) is 13.5 Å². The lowest BCUT2D eigenvalue weighted by Crippen LogP contribution is -2.28. The Morgan fingerprint density at radius 2 is 2.10 bits per heavy atom. The average molecular weight is 296 g/mol. The number of rotatable bonds is 4. The van der Waals surface area contributed by atoms with Crippen LogP contribution in [0.15, 0.2) is 35.5 Å². The molecule has 0 unspecified atom stereocenters. The van der Waals surface area contributed by atoms with Crippen LogP contribution >= 0.6 is 0 Å². The van der Waals surface area contributed by atoms with Crippen molar-refractivity contribution in [2.75, 3.05) is 17.1 Å². The Bertz CT molecular complexity index is 740. The van der Waals surface area contributed by atoms with Crippen LogP contribution in [0.2, 0.25) is 0 Å². The molecule has 0 fully saturated rings. The lowest BCUT2D eigenvalue weighted by molar-refractivity contribution is 0.0698. The molecule has 106 valence electrons. The molecule has 4 N–H and O–H groups in total. The van der Waals surface area contributed by atoms with Gasteiger partial charge in [-0.15, -0.1) is 0 Å². The van der Waals surface area contributed by atoms with Crippen LogP contribution in [-0.4, -0.2) is 36.7 Å². The number of carboxylic acids is 1. The molecule has 1 aromatic carbocycles. The second-order valence-corrected chi connectivity index (χ2v) is 5.91. The average Bonchev–Trinajstić information content (AvgIpc) is 2.92. The number of nitrogens with zero attached hydrogens (tertiary/aromatic N) is 2. The number of hydrogen-bond acceptors (Lipinski definition) is 5. The molecule has 2 rings (SSSR count). The normalized spacial score (nSPS) is 11.2. The Morgan fingerprint density at radius 1 is 1.40 bits per heavy atom. The molecule has 0 amide bonds. The van der Waals surface area contributed by atoms with Crippen molar-refractivity contribution in [3.8, 4) is 0 Å². The van der Waals surface area contributed by atoms with E-state index in [0.717, 1.165) is 4.31 Å². The summed E-state index contributed by atoms with van der Waals surface area (Å²) in [7, 11) is -2.65. The van der Waals surface area contributed by atoms with Gasteiger partial charge in [-0.1, -0.05) is 0 Å². The highest BCUT2D eigenvalue weighted by molar-refractivity contribution is 7.92. The van der Waals surface area contributed by atoms with Gasteiger partial charge in [0, 0.05) is 12.7 Å². The number of carbonyl (C=O) groups is 1. The number of benzene rings is 1. The van der Waals surface area contributed by atoms with Gasteiger partial charge in [0.15, 0.2) is 5.03 Å². The molecule has 0 saturated carbocycles. The SMILES string of the molecule is CN(c1ccc(N)cc1C(=O)O)S(=O)(=O)c1ccn[nH]1. The van der Waals surface area contributed by atoms with Crippen LogP contribution in [-0.2, 0) is 10.0 Å². The molecule has 0 radical (unpaired) electrons. The van der Waals surface area contributed by atoms with Crippen molar-refractivity contribution < 1.29 is 18.3 Å². The Morgan fingerprint density at radius 3 is 2.65 bits per heavy atom. The highest BCUT2D eigenvalue weighted by atomic mass is 32.2. The third kappa shape index (κ3) is 2.30. The summed E-state index contributed by atoms with van der Waals surface area (Å²) in [6.45, 7) is 0. The number of nitrogens with two attached hydrogens (primary N) is 1. The van der Waals surface area contributed by atoms with E-state index in [2.05, 4.69) is 10.2 Å². The summed E-state index contributed by atoms with van der Waals surface area (Å²) in [5.74, 6) is -1.26. The van der Waals surface area contributed by atoms with E-state index in [4.69, 9.17) is 10.8 Å². The van der Waals surface area contributed by atoms with Gasteiger partial charge in [-0.05, 0) is 24.3 Å². The van der Waals surface area contributed by atoms with Gasteiger partial charge in [0.2, 0.25) is 0 Å². The quantitative estimate of drug-likeness (QED) is 0.705. The first-order valence-corrected chi connectivity index (χ1v) is 6.89. The first kappa shape index (κ1) is 13.9. The molecule has 1 aromatic heterocycles. The summed E-state index contributed by atoms with van der Waals surface area (Å²) in [6, 6.07) is 5.26. The topological polar surface area (TPSA) is 129 Å². The van der Waals surface area contributed by atoms with Crippen LogP contribution in [0.25, 0.3) is 0 Å². The van der Waals surface area contributed by atoms with Crippen LogP contribution in [0.1, 0.15) is 10.4 Å². The number of aromatic carboxylic acids is 1. The van der Waals surface area contributed by atoms with Crippen molar-refractivity contribution in [2.45, 2.75) is 5.03 Å². The fourth-order valence-corrected chi connectivity index (χ4v) is 2.78. The maximum absolute atomic E-state index is 12.3. The van der Waals surface area contributed by atoms with Crippen LogP contribution in [0.5, 0.6) is 0 Å². The lowest BCUT2D eigenvalue weighted by atomic mass is 10.1. The summed E-state index contributed by atoms with van der Waals surface area (Å²) in [4.78, 5) is 11.2. The molecule has 2 aromatic rings. The Kier molecular flexibility index (Phi) is 3.36. The monoisotopic (exact) mass is 296 g/mol. The Balaban J connectivity index is 2.55. The van der Waals surface area contributed by atoms with Crippen LogP contribution in [0.4, 0.5) is 11.4 Å². The van der Waals surface area contributed by atoms with Gasteiger partial charge < -0.3 is 10.8 Å². The van der Waals surface area contributed by atoms with E-state index in [1.165, 1.54) is 37.5 Å². The van der Waals surface area contributed by atoms with Crippen molar-refractivity contribution in [1.29, 1.82) is 0 Å². The first-order valence-electron chi connectivity index (χ1n) is 5.45. The van der Waals surface area contributed by atoms with Crippen molar-refractivity contribution in [2.24, 2.45) is 0 Å².